The molecule has 21 heavy (non-hydrogen) atoms. The number of carbonyl (C=O) groups is 2. The van der Waals surface area contributed by atoms with Crippen LogP contribution in [-0.2, 0) is 9.59 Å². The Kier molecular flexibility index (Phi) is 5.44. The monoisotopic (exact) mass is 291 g/mol. The highest BCUT2D eigenvalue weighted by molar-refractivity contribution is 6.06. The summed E-state index contributed by atoms with van der Waals surface area (Å²) in [5.41, 5.74) is 11.1. The number of benzene rings is 1. The fourth-order valence-corrected chi connectivity index (χ4v) is 1.17. The summed E-state index contributed by atoms with van der Waals surface area (Å²) in [6.07, 6.45) is 1.41. The topological polar surface area (TPSA) is 163 Å². The Morgan fingerprint density at radius 2 is 1.86 bits per heavy atom. The molecule has 9 heteroatoms. The molecular weight excluding hydrogens is 278 g/mol. The largest absolute Gasteiger partial charge is 0.506 e. The number of hydrogen-bond acceptors (Lipinski definition) is 4. The predicted molar refractivity (Wildman–Crippen MR) is 75.9 cm³/mol. The van der Waals surface area contributed by atoms with Crippen molar-refractivity contribution >= 4 is 29.5 Å². The van der Waals surface area contributed by atoms with E-state index in [2.05, 4.69) is 15.3 Å². The Morgan fingerprint density at radius 3 is 2.48 bits per heavy atom. The van der Waals surface area contributed by atoms with E-state index in [-0.39, 0.29) is 23.4 Å². The first-order chi connectivity index (χ1) is 9.88. The molecule has 0 bridgehead atoms. The fraction of sp³-hybridized carbons (Fsp3) is 0. The first-order valence-electron chi connectivity index (χ1n) is 5.57. The van der Waals surface area contributed by atoms with E-state index < -0.39 is 11.9 Å². The van der Waals surface area contributed by atoms with Crippen molar-refractivity contribution in [1.29, 1.82) is 0 Å². The fourth-order valence-electron chi connectivity index (χ4n) is 1.17. The molecule has 0 aromatic heterocycles. The van der Waals surface area contributed by atoms with Crippen molar-refractivity contribution in [3.63, 3.8) is 0 Å². The van der Waals surface area contributed by atoms with E-state index in [0.717, 1.165) is 6.08 Å². The van der Waals surface area contributed by atoms with Crippen molar-refractivity contribution in [2.75, 3.05) is 0 Å². The van der Waals surface area contributed by atoms with Crippen LogP contribution in [0.1, 0.15) is 0 Å². The summed E-state index contributed by atoms with van der Waals surface area (Å²) in [5.74, 6) is -2.82. The third-order valence-electron chi connectivity index (χ3n) is 1.98. The molecule has 0 unspecified atom stereocenters. The summed E-state index contributed by atoms with van der Waals surface area (Å²) in [6, 6.07) is 6.16. The molecule has 0 aliphatic rings. The van der Waals surface area contributed by atoms with Crippen LogP contribution in [0.15, 0.2) is 46.4 Å². The Hall–Kier alpha value is -3.36. The molecule has 0 radical (unpaired) electrons. The molecule has 0 saturated carbocycles. The maximum atomic E-state index is 11.2. The van der Waals surface area contributed by atoms with Gasteiger partial charge in [0.15, 0.2) is 0 Å². The number of amides is 1. The summed E-state index contributed by atoms with van der Waals surface area (Å²) >= 11 is 0. The van der Waals surface area contributed by atoms with Crippen molar-refractivity contribution in [1.82, 2.24) is 5.32 Å². The minimum atomic E-state index is -1.28. The van der Waals surface area contributed by atoms with Gasteiger partial charge in [-0.15, -0.1) is 0 Å². The van der Waals surface area contributed by atoms with Gasteiger partial charge in [0.1, 0.15) is 11.4 Å². The number of para-hydroxylation sites is 2. The number of phenolic OH excluding ortho intramolecular Hbond substituents is 1. The van der Waals surface area contributed by atoms with Gasteiger partial charge in [0.05, 0.1) is 0 Å². The highest BCUT2D eigenvalue weighted by atomic mass is 16.4. The molecular formula is C12H13N5O4. The zero-order valence-corrected chi connectivity index (χ0v) is 10.7. The minimum Gasteiger partial charge on any atom is -0.506 e. The number of nitrogens with zero attached hydrogens (tertiary/aromatic N) is 2. The van der Waals surface area contributed by atoms with E-state index in [1.54, 1.807) is 12.1 Å². The number of guanidine groups is 2. The number of aliphatic carboxylic acids is 1. The first-order valence-corrected chi connectivity index (χ1v) is 5.57. The van der Waals surface area contributed by atoms with Crippen LogP contribution in [-0.4, -0.2) is 34.0 Å². The summed E-state index contributed by atoms with van der Waals surface area (Å²) in [4.78, 5) is 28.8. The summed E-state index contributed by atoms with van der Waals surface area (Å²) < 4.78 is 0. The van der Waals surface area contributed by atoms with Gasteiger partial charge in [0, 0.05) is 12.2 Å². The van der Waals surface area contributed by atoms with E-state index in [4.69, 9.17) is 16.6 Å². The van der Waals surface area contributed by atoms with Gasteiger partial charge in [-0.3, -0.25) is 10.1 Å². The van der Waals surface area contributed by atoms with Crippen molar-refractivity contribution in [2.45, 2.75) is 0 Å². The van der Waals surface area contributed by atoms with Crippen LogP contribution < -0.4 is 16.8 Å². The number of aliphatic imine (C=N–C) groups is 2. The number of nitrogens with two attached hydrogens (primary N) is 2. The Bertz CT molecular complexity index is 636. The Morgan fingerprint density at radius 1 is 1.19 bits per heavy atom. The quantitative estimate of drug-likeness (QED) is 0.284. The molecule has 9 nitrogen and oxygen atoms in total. The van der Waals surface area contributed by atoms with Crippen LogP contribution in [0.5, 0.6) is 5.75 Å². The lowest BCUT2D eigenvalue weighted by atomic mass is 10.3. The van der Waals surface area contributed by atoms with Crippen LogP contribution >= 0.6 is 0 Å². The van der Waals surface area contributed by atoms with E-state index in [9.17, 15) is 14.7 Å². The average Bonchev–Trinajstić information content (AvgIpc) is 2.38. The van der Waals surface area contributed by atoms with Gasteiger partial charge >= 0.3 is 5.97 Å². The molecule has 1 aromatic rings. The number of carbonyl (C=O) groups excluding carboxylic acids is 1. The number of nitrogens with one attached hydrogen (secondary N) is 1. The van der Waals surface area contributed by atoms with Crippen molar-refractivity contribution < 1.29 is 19.8 Å². The zero-order chi connectivity index (χ0) is 15.8. The first kappa shape index (κ1) is 15.7. The zero-order valence-electron chi connectivity index (χ0n) is 10.7. The molecule has 0 aliphatic heterocycles. The third-order valence-corrected chi connectivity index (χ3v) is 1.98. The number of carboxylic acids is 1. The molecule has 1 rings (SSSR count). The number of phenols is 1. The van der Waals surface area contributed by atoms with Crippen LogP contribution in [0, 0.1) is 0 Å². The molecule has 0 atom stereocenters. The van der Waals surface area contributed by atoms with Crippen molar-refractivity contribution in [2.24, 2.45) is 21.5 Å². The van der Waals surface area contributed by atoms with Crippen LogP contribution in [0.2, 0.25) is 0 Å². The maximum absolute atomic E-state index is 11.2. The van der Waals surface area contributed by atoms with E-state index in [1.165, 1.54) is 12.1 Å². The highest BCUT2D eigenvalue weighted by Gasteiger charge is 2.02. The Balaban J connectivity index is 2.75. The third kappa shape index (κ3) is 5.87. The van der Waals surface area contributed by atoms with E-state index >= 15 is 0 Å². The highest BCUT2D eigenvalue weighted by Crippen LogP contribution is 2.24. The van der Waals surface area contributed by atoms with Crippen LogP contribution in [0.25, 0.3) is 0 Å². The predicted octanol–water partition coefficient (Wildman–Crippen LogP) is -0.590. The molecule has 0 spiro atoms. The number of hydrogen-bond donors (Lipinski definition) is 5. The van der Waals surface area contributed by atoms with Crippen LogP contribution in [0.4, 0.5) is 5.69 Å². The lowest BCUT2D eigenvalue weighted by Gasteiger charge is -2.01. The van der Waals surface area contributed by atoms with Crippen LogP contribution in [0.3, 0.4) is 0 Å². The Labute approximate surface area is 119 Å². The second kappa shape index (κ2) is 7.28. The van der Waals surface area contributed by atoms with Gasteiger partial charge in [-0.1, -0.05) is 12.1 Å². The molecule has 0 saturated heterocycles. The van der Waals surface area contributed by atoms with Gasteiger partial charge in [0.25, 0.3) is 5.91 Å². The number of rotatable bonds is 3. The van der Waals surface area contributed by atoms with Crippen molar-refractivity contribution in [3.8, 4) is 5.75 Å². The van der Waals surface area contributed by atoms with Crippen molar-refractivity contribution in [3.05, 3.63) is 36.4 Å². The molecule has 110 valence electrons. The molecule has 7 N–H and O–H groups in total. The van der Waals surface area contributed by atoms with E-state index in [0.29, 0.717) is 6.08 Å². The van der Waals surface area contributed by atoms with Gasteiger partial charge in [-0.05, 0) is 12.1 Å². The number of carboxylic acid groups (broad SMARTS) is 1. The lowest BCUT2D eigenvalue weighted by molar-refractivity contribution is -0.131. The smallest absolute Gasteiger partial charge is 0.328 e. The SMILES string of the molecule is NC(=Nc1ccccc1O)/N=C(/N)NC(=O)/C=C\C(=O)O. The summed E-state index contributed by atoms with van der Waals surface area (Å²) in [6.45, 7) is 0. The molecule has 0 fully saturated rings. The number of aromatic hydroxyl groups is 1. The minimum absolute atomic E-state index is 0.0948. The summed E-state index contributed by atoms with van der Waals surface area (Å²) in [5, 5.41) is 19.9. The maximum Gasteiger partial charge on any atom is 0.328 e. The molecule has 1 aromatic carbocycles. The molecule has 0 heterocycles. The van der Waals surface area contributed by atoms with Gasteiger partial charge < -0.3 is 21.7 Å². The second-order valence-electron chi connectivity index (χ2n) is 3.62. The molecule has 0 aliphatic carbocycles. The van der Waals surface area contributed by atoms with Gasteiger partial charge in [-0.25, -0.2) is 9.79 Å². The second-order valence-corrected chi connectivity index (χ2v) is 3.62. The van der Waals surface area contributed by atoms with E-state index in [1.807, 2.05) is 0 Å². The van der Waals surface area contributed by atoms with Gasteiger partial charge in [0.2, 0.25) is 11.9 Å². The average molecular weight is 291 g/mol. The molecule has 1 amide bonds. The standard InChI is InChI=1S/C12H13N5O4/c13-11(15-7-3-1-2-4-8(7)18)17-12(14)16-9(19)5-6-10(20)21/h1-6,18H,(H,20,21)(H5,13,14,15,16,17,19)/b6-5-. The normalized spacial score (nSPS) is 12.4. The lowest BCUT2D eigenvalue weighted by Crippen LogP contribution is -2.37. The summed E-state index contributed by atoms with van der Waals surface area (Å²) in [7, 11) is 0. The van der Waals surface area contributed by atoms with Gasteiger partial charge in [-0.2, -0.15) is 4.99 Å².